The first-order valence-electron chi connectivity index (χ1n) is 4.11. The van der Waals surface area contributed by atoms with Crippen LogP contribution in [0, 0.1) is 11.3 Å². The zero-order chi connectivity index (χ0) is 9.40. The highest BCUT2D eigenvalue weighted by Gasteiger charge is 1.88. The molecule has 0 bridgehead atoms. The van der Waals surface area contributed by atoms with Crippen molar-refractivity contribution >= 4 is 0 Å². The lowest BCUT2D eigenvalue weighted by Gasteiger charge is -1.96. The van der Waals surface area contributed by atoms with Crippen molar-refractivity contribution in [3.63, 3.8) is 0 Å². The molecule has 66 valence electrons. The first kappa shape index (κ1) is 10.9. The normalized spacial score (nSPS) is 12.8. The van der Waals surface area contributed by atoms with Gasteiger partial charge in [-0.2, -0.15) is 5.26 Å². The van der Waals surface area contributed by atoms with Gasteiger partial charge in [0, 0.05) is 12.6 Å². The lowest BCUT2D eigenvalue weighted by molar-refractivity contribution is 0.958. The predicted molar refractivity (Wildman–Crippen MR) is 51.4 cm³/mol. The van der Waals surface area contributed by atoms with Gasteiger partial charge in [-0.25, -0.2) is 0 Å². The number of allylic oxidation sites excluding steroid dienone is 3. The highest BCUT2D eigenvalue weighted by atomic mass is 14.5. The van der Waals surface area contributed by atoms with Crippen LogP contribution in [0.1, 0.15) is 26.7 Å². The quantitative estimate of drug-likeness (QED) is 0.511. The minimum Gasteiger partial charge on any atom is -0.327 e. The second-order valence-electron chi connectivity index (χ2n) is 2.91. The predicted octanol–water partition coefficient (Wildman–Crippen LogP) is 2.14. The van der Waals surface area contributed by atoms with Gasteiger partial charge in [-0.1, -0.05) is 17.2 Å². The Morgan fingerprint density at radius 2 is 2.08 bits per heavy atom. The maximum absolute atomic E-state index is 8.33. The molecule has 0 radical (unpaired) electrons. The van der Waals surface area contributed by atoms with Crippen LogP contribution in [-0.2, 0) is 0 Å². The summed E-state index contributed by atoms with van der Waals surface area (Å²) in [5.74, 6) is 0. The van der Waals surface area contributed by atoms with Crippen LogP contribution in [0.3, 0.4) is 0 Å². The van der Waals surface area contributed by atoms with E-state index in [4.69, 9.17) is 11.0 Å². The van der Waals surface area contributed by atoms with E-state index < -0.39 is 0 Å². The average Bonchev–Trinajstić information content (AvgIpc) is 2.04. The van der Waals surface area contributed by atoms with Gasteiger partial charge >= 0.3 is 0 Å². The first-order valence-corrected chi connectivity index (χ1v) is 4.11. The van der Waals surface area contributed by atoms with Crippen molar-refractivity contribution in [3.05, 3.63) is 23.3 Å². The molecular formula is C10H16N2. The molecule has 0 aromatic carbocycles. The molecule has 0 aromatic rings. The Labute approximate surface area is 74.4 Å². The summed E-state index contributed by atoms with van der Waals surface area (Å²) in [7, 11) is 0. The zero-order valence-corrected chi connectivity index (χ0v) is 7.80. The summed E-state index contributed by atoms with van der Waals surface area (Å²) >= 11 is 0. The molecule has 0 saturated heterocycles. The van der Waals surface area contributed by atoms with Crippen LogP contribution in [0.2, 0.25) is 0 Å². The van der Waals surface area contributed by atoms with Crippen LogP contribution in [-0.4, -0.2) is 6.54 Å². The van der Waals surface area contributed by atoms with Gasteiger partial charge in [0.1, 0.15) is 0 Å². The van der Waals surface area contributed by atoms with Crippen LogP contribution < -0.4 is 5.73 Å². The highest BCUT2D eigenvalue weighted by molar-refractivity contribution is 5.12. The first-order chi connectivity index (χ1) is 5.70. The zero-order valence-electron chi connectivity index (χ0n) is 7.80. The van der Waals surface area contributed by atoms with Crippen molar-refractivity contribution < 1.29 is 0 Å². The monoisotopic (exact) mass is 164 g/mol. The third kappa shape index (κ3) is 5.70. The Bertz CT molecular complexity index is 218. The second-order valence-corrected chi connectivity index (χ2v) is 2.91. The average molecular weight is 164 g/mol. The molecule has 0 aliphatic rings. The molecule has 0 heterocycles. The number of rotatable bonds is 4. The van der Waals surface area contributed by atoms with Crippen molar-refractivity contribution in [3.8, 4) is 6.07 Å². The van der Waals surface area contributed by atoms with Crippen molar-refractivity contribution in [2.24, 2.45) is 5.73 Å². The molecular weight excluding hydrogens is 148 g/mol. The van der Waals surface area contributed by atoms with E-state index in [2.05, 4.69) is 6.08 Å². The van der Waals surface area contributed by atoms with E-state index in [1.54, 1.807) is 6.08 Å². The molecule has 2 nitrogen and oxygen atoms in total. The summed E-state index contributed by atoms with van der Waals surface area (Å²) < 4.78 is 0. The van der Waals surface area contributed by atoms with Gasteiger partial charge < -0.3 is 5.73 Å². The third-order valence-corrected chi connectivity index (χ3v) is 1.66. The molecule has 0 saturated carbocycles. The fourth-order valence-electron chi connectivity index (χ4n) is 0.812. The van der Waals surface area contributed by atoms with Crippen molar-refractivity contribution in [2.75, 3.05) is 6.54 Å². The molecule has 0 fully saturated rings. The fraction of sp³-hybridized carbons (Fsp3) is 0.500. The SMILES string of the molecule is CC(=CCC/C(C)=C\C#N)CN. The Morgan fingerprint density at radius 1 is 1.42 bits per heavy atom. The molecule has 0 spiro atoms. The Kier molecular flexibility index (Phi) is 6.04. The van der Waals surface area contributed by atoms with E-state index in [1.165, 1.54) is 5.57 Å². The molecule has 0 unspecified atom stereocenters. The van der Waals surface area contributed by atoms with Crippen LogP contribution in [0.25, 0.3) is 0 Å². The minimum atomic E-state index is 0.626. The van der Waals surface area contributed by atoms with Gasteiger partial charge in [-0.3, -0.25) is 0 Å². The summed E-state index contributed by atoms with van der Waals surface area (Å²) in [6.07, 6.45) is 5.64. The molecule has 0 atom stereocenters. The largest absolute Gasteiger partial charge is 0.327 e. The van der Waals surface area contributed by atoms with Gasteiger partial charge in [0.2, 0.25) is 0 Å². The van der Waals surface area contributed by atoms with E-state index in [9.17, 15) is 0 Å². The second kappa shape index (κ2) is 6.63. The van der Waals surface area contributed by atoms with Crippen molar-refractivity contribution in [2.45, 2.75) is 26.7 Å². The van der Waals surface area contributed by atoms with E-state index >= 15 is 0 Å². The summed E-state index contributed by atoms with van der Waals surface area (Å²) in [6.45, 7) is 4.61. The van der Waals surface area contributed by atoms with E-state index in [0.29, 0.717) is 6.54 Å². The van der Waals surface area contributed by atoms with Crippen LogP contribution in [0.15, 0.2) is 23.3 Å². The van der Waals surface area contributed by atoms with Crippen LogP contribution >= 0.6 is 0 Å². The van der Waals surface area contributed by atoms with Crippen molar-refractivity contribution in [1.82, 2.24) is 0 Å². The lowest BCUT2D eigenvalue weighted by Crippen LogP contribution is -1.99. The van der Waals surface area contributed by atoms with Gasteiger partial charge in [0.25, 0.3) is 0 Å². The highest BCUT2D eigenvalue weighted by Crippen LogP contribution is 2.05. The van der Waals surface area contributed by atoms with Crippen molar-refractivity contribution in [1.29, 1.82) is 5.26 Å². The van der Waals surface area contributed by atoms with Crippen LogP contribution in [0.4, 0.5) is 0 Å². The molecule has 2 N–H and O–H groups in total. The van der Waals surface area contributed by atoms with Crippen LogP contribution in [0.5, 0.6) is 0 Å². The summed E-state index contributed by atoms with van der Waals surface area (Å²) in [4.78, 5) is 0. The number of nitriles is 1. The smallest absolute Gasteiger partial charge is 0.0911 e. The molecule has 0 aliphatic heterocycles. The van der Waals surface area contributed by atoms with Gasteiger partial charge in [0.15, 0.2) is 0 Å². The van der Waals surface area contributed by atoms with E-state index in [-0.39, 0.29) is 0 Å². The van der Waals surface area contributed by atoms with Gasteiger partial charge in [0.05, 0.1) is 6.07 Å². The number of nitrogens with zero attached hydrogens (tertiary/aromatic N) is 1. The molecule has 12 heavy (non-hydrogen) atoms. The number of hydrogen-bond donors (Lipinski definition) is 1. The maximum atomic E-state index is 8.33. The fourth-order valence-corrected chi connectivity index (χ4v) is 0.812. The summed E-state index contributed by atoms with van der Waals surface area (Å²) in [5, 5.41) is 8.33. The molecule has 0 aliphatic carbocycles. The lowest BCUT2D eigenvalue weighted by atomic mass is 10.1. The third-order valence-electron chi connectivity index (χ3n) is 1.66. The number of nitrogens with two attached hydrogens (primary N) is 1. The molecule has 0 amide bonds. The summed E-state index contributed by atoms with van der Waals surface area (Å²) in [6, 6.07) is 2.01. The summed E-state index contributed by atoms with van der Waals surface area (Å²) in [5.41, 5.74) is 7.74. The molecule has 0 aromatic heterocycles. The maximum Gasteiger partial charge on any atom is 0.0911 e. The Morgan fingerprint density at radius 3 is 2.58 bits per heavy atom. The molecule has 0 rings (SSSR count). The van der Waals surface area contributed by atoms with E-state index in [0.717, 1.165) is 18.4 Å². The van der Waals surface area contributed by atoms with E-state index in [1.807, 2.05) is 19.9 Å². The Balaban J connectivity index is 3.72. The molecule has 2 heteroatoms. The standard InChI is InChI=1S/C10H16N2/c1-9(6-7-11)4-3-5-10(2)8-12/h5-6H,3-4,8,12H2,1-2H3/b9-6-,10-5?. The van der Waals surface area contributed by atoms with Gasteiger partial charge in [-0.15, -0.1) is 0 Å². The Hall–Kier alpha value is -1.07. The topological polar surface area (TPSA) is 49.8 Å². The number of hydrogen-bond acceptors (Lipinski definition) is 2. The minimum absolute atomic E-state index is 0.626. The van der Waals surface area contributed by atoms with Gasteiger partial charge in [-0.05, 0) is 26.7 Å².